The van der Waals surface area contributed by atoms with E-state index < -0.39 is 0 Å². The first kappa shape index (κ1) is 77.3. The summed E-state index contributed by atoms with van der Waals surface area (Å²) in [5.74, 6) is 3.56. The molecule has 16 rings (SSSR count). The molecule has 0 aliphatic carbocycles. The molecular formula is C96H104N10O4SSe2. The normalized spacial score (nSPS) is 11.9. The van der Waals surface area contributed by atoms with Crippen molar-refractivity contribution >= 4 is 171 Å². The third-order valence-corrected chi connectivity index (χ3v) is 27.9. The molecule has 14 nitrogen and oxygen atoms in total. The van der Waals surface area contributed by atoms with Gasteiger partial charge in [0.2, 0.25) is 0 Å². The van der Waals surface area contributed by atoms with Crippen LogP contribution in [0.4, 0.5) is 34.1 Å². The number of hydrogen-bond acceptors (Lipinski definition) is 13. The maximum atomic E-state index is 6.34. The third-order valence-electron chi connectivity index (χ3n) is 22.5. The minimum atomic E-state index is -0.171. The van der Waals surface area contributed by atoms with Crippen molar-refractivity contribution in [3.05, 3.63) is 182 Å². The Morgan fingerprint density at radius 2 is 0.619 bits per heavy atom. The van der Waals surface area contributed by atoms with E-state index in [0.29, 0.717) is 0 Å². The molecule has 8 aromatic carbocycles. The SMILES string of the molecule is CCCCCCCCOc1ccc(N(c2ccc(OCCCCCCCC)cc2)c2ccc3c4[se]c(-c5c6nsnc6c(-c6cc7c([se]6)c6ccc(N(c8ccc(OCCCCCCCC)cc8)c8ccc(OCCCCCCCC)cc8)cc6n7C)c6nc7c8ncccc8c8cccnc8c7nc56)cc4n(C)c3c2)cc1. The van der Waals surface area contributed by atoms with Crippen LogP contribution in [0.5, 0.6) is 23.0 Å². The van der Waals surface area contributed by atoms with Crippen LogP contribution in [0.25, 0.3) is 116 Å². The molecule has 0 saturated heterocycles. The van der Waals surface area contributed by atoms with Crippen LogP contribution in [0.15, 0.2) is 182 Å². The molecular weight excluding hydrogens is 1550 g/mol. The zero-order valence-electron chi connectivity index (χ0n) is 66.4. The number of aromatic nitrogens is 8. The molecule has 0 fully saturated rings. The van der Waals surface area contributed by atoms with Crippen LogP contribution in [0, 0.1) is 0 Å². The Morgan fingerprint density at radius 3 is 0.947 bits per heavy atom. The van der Waals surface area contributed by atoms with E-state index in [1.165, 1.54) is 179 Å². The molecule has 8 aromatic heterocycles. The molecule has 0 N–H and O–H groups in total. The molecule has 0 unspecified atom stereocenters. The van der Waals surface area contributed by atoms with Gasteiger partial charge in [0.15, 0.2) is 0 Å². The number of pyridine rings is 2. The Morgan fingerprint density at radius 1 is 0.310 bits per heavy atom. The number of ether oxygens (including phenoxy) is 4. The molecule has 16 aromatic rings. The molecule has 0 spiro atoms. The number of fused-ring (bicyclic) bond motifs is 14. The van der Waals surface area contributed by atoms with Gasteiger partial charge in [-0.1, -0.05) is 156 Å². The molecule has 0 aliphatic rings. The fourth-order valence-electron chi connectivity index (χ4n) is 16.3. The quantitative estimate of drug-likeness (QED) is 0.0157. The van der Waals surface area contributed by atoms with Crippen molar-refractivity contribution in [2.75, 3.05) is 36.2 Å². The van der Waals surface area contributed by atoms with E-state index in [-0.39, 0.29) is 29.0 Å². The minimum absolute atomic E-state index is 0.171. The summed E-state index contributed by atoms with van der Waals surface area (Å²) in [7, 11) is 4.43. The van der Waals surface area contributed by atoms with Crippen molar-refractivity contribution in [2.45, 2.75) is 182 Å². The topological polar surface area (TPSA) is 131 Å². The van der Waals surface area contributed by atoms with Gasteiger partial charge >= 0.3 is 503 Å². The van der Waals surface area contributed by atoms with Crippen LogP contribution in [0.1, 0.15) is 182 Å². The van der Waals surface area contributed by atoms with Gasteiger partial charge in [0.1, 0.15) is 0 Å². The summed E-state index contributed by atoms with van der Waals surface area (Å²) in [6.45, 7) is 12.0. The molecule has 8 heterocycles. The standard InChI is InChI=1S/C96H104N10O4SSe2/c1-7-11-15-19-23-27-57-107-71-45-35-65(36-46-71)105(66-37-47-72(48-38-66)108-58-28-24-20-16-12-8-2)69-43-53-77-79(61-69)103(5)81-63-83(112-95(77)81)85-89-90(100-94-88-76(34-32-56-98-88)75-33-31-55-97-87(75)93(94)99-89)86(92-91(85)101-111-102-92)84-64-82-96(113-84)78-54-44-70(62-80(78)104(82)6)106(67-39-49-73(50-40-67)109-59-29-25-21-17-13-9-3)68-41-51-74(52-42-68)110-60-30-26-22-18-14-10-4/h31-56,61-64H,7-30,57-60H2,1-6H3. The maximum absolute atomic E-state index is 6.34. The van der Waals surface area contributed by atoms with Crippen LogP contribution in [0.2, 0.25) is 0 Å². The van der Waals surface area contributed by atoms with Crippen LogP contribution in [-0.2, 0) is 14.1 Å². The predicted molar refractivity (Wildman–Crippen MR) is 476 cm³/mol. The number of benzene rings is 8. The number of hydrogen-bond donors (Lipinski definition) is 0. The van der Waals surface area contributed by atoms with E-state index in [1.807, 2.05) is 24.5 Å². The first-order valence-electron chi connectivity index (χ1n) is 41.7. The van der Waals surface area contributed by atoms with E-state index in [2.05, 4.69) is 218 Å². The van der Waals surface area contributed by atoms with Gasteiger partial charge in [-0.15, -0.1) is 0 Å². The number of unbranched alkanes of at least 4 members (excludes halogenated alkanes) is 20. The third kappa shape index (κ3) is 16.7. The van der Waals surface area contributed by atoms with Gasteiger partial charge in [-0.3, -0.25) is 0 Å². The van der Waals surface area contributed by atoms with Gasteiger partial charge in [-0.2, -0.15) is 0 Å². The Hall–Kier alpha value is -9.60. The molecule has 0 aliphatic heterocycles. The average Bonchev–Trinajstić information content (AvgIpc) is 1.65. The Labute approximate surface area is 680 Å². The molecule has 17 heteroatoms. The number of aryl methyl sites for hydroxylation is 2. The summed E-state index contributed by atoms with van der Waals surface area (Å²) in [4.78, 5) is 26.6. The van der Waals surface area contributed by atoms with Crippen molar-refractivity contribution in [3.8, 4) is 43.0 Å². The Kier molecular flexibility index (Phi) is 25.1. The summed E-state index contributed by atoms with van der Waals surface area (Å²) in [6.07, 6.45) is 33.2. The van der Waals surface area contributed by atoms with Crippen molar-refractivity contribution < 1.29 is 18.9 Å². The second-order valence-electron chi connectivity index (χ2n) is 30.4. The van der Waals surface area contributed by atoms with Gasteiger partial charge in [0, 0.05) is 0 Å². The monoisotopic (exact) mass is 1650 g/mol. The zero-order chi connectivity index (χ0) is 77.0. The van der Waals surface area contributed by atoms with E-state index in [4.69, 9.17) is 47.6 Å². The van der Waals surface area contributed by atoms with Gasteiger partial charge in [0.05, 0.1) is 0 Å². The molecule has 113 heavy (non-hydrogen) atoms. The van der Waals surface area contributed by atoms with E-state index in [1.54, 1.807) is 0 Å². The van der Waals surface area contributed by atoms with Crippen LogP contribution >= 0.6 is 11.7 Å². The first-order valence-corrected chi connectivity index (χ1v) is 45.9. The van der Waals surface area contributed by atoms with Crippen molar-refractivity contribution in [2.24, 2.45) is 14.1 Å². The van der Waals surface area contributed by atoms with Crippen molar-refractivity contribution in [3.63, 3.8) is 0 Å². The molecule has 0 radical (unpaired) electrons. The van der Waals surface area contributed by atoms with E-state index in [9.17, 15) is 0 Å². The molecule has 0 atom stereocenters. The Balaban J connectivity index is 0.763. The average molecular weight is 1650 g/mol. The molecule has 0 saturated carbocycles. The van der Waals surface area contributed by atoms with Gasteiger partial charge in [-0.05, 0) is 25.7 Å². The predicted octanol–water partition coefficient (Wildman–Crippen LogP) is 26.5. The van der Waals surface area contributed by atoms with Gasteiger partial charge < -0.3 is 0 Å². The summed E-state index contributed by atoms with van der Waals surface area (Å²) >= 11 is 0.923. The molecule has 580 valence electrons. The van der Waals surface area contributed by atoms with Gasteiger partial charge in [0.25, 0.3) is 0 Å². The summed E-state index contributed by atoms with van der Waals surface area (Å²) in [6, 6.07) is 61.5. The van der Waals surface area contributed by atoms with Crippen molar-refractivity contribution in [1.29, 1.82) is 0 Å². The summed E-state index contributed by atoms with van der Waals surface area (Å²) < 4.78 is 45.8. The fraction of sp³-hybridized carbons (Fsp3) is 0.354. The van der Waals surface area contributed by atoms with E-state index >= 15 is 0 Å². The molecule has 0 bridgehead atoms. The Bertz CT molecular complexity index is 5430. The second-order valence-corrected chi connectivity index (χ2v) is 35.4. The van der Waals surface area contributed by atoms with Crippen LogP contribution in [0.3, 0.4) is 0 Å². The van der Waals surface area contributed by atoms with E-state index in [0.717, 1.165) is 186 Å². The fourth-order valence-corrected chi connectivity index (χ4v) is 22.2. The second kappa shape index (κ2) is 36.7. The first-order chi connectivity index (χ1) is 55.8. The van der Waals surface area contributed by atoms with Crippen molar-refractivity contribution in [1.82, 2.24) is 37.8 Å². The number of nitrogens with zero attached hydrogens (tertiary/aromatic N) is 10. The van der Waals surface area contributed by atoms with Crippen LogP contribution in [-0.4, -0.2) is 93.3 Å². The van der Waals surface area contributed by atoms with Gasteiger partial charge in [-0.25, -0.2) is 0 Å². The number of anilines is 6. The summed E-state index contributed by atoms with van der Waals surface area (Å²) in [5.41, 5.74) is 19.3. The number of rotatable bonds is 40. The molecule has 0 amide bonds. The van der Waals surface area contributed by atoms with Crippen LogP contribution < -0.4 is 28.7 Å². The summed E-state index contributed by atoms with van der Waals surface area (Å²) in [5, 5.41) is 4.44. The zero-order valence-corrected chi connectivity index (χ0v) is 70.7.